The Kier molecular flexibility index (Phi) is 4.18. The van der Waals surface area contributed by atoms with Gasteiger partial charge in [-0.3, -0.25) is 0 Å². The third kappa shape index (κ3) is 3.08. The van der Waals surface area contributed by atoms with Crippen LogP contribution in [0.2, 0.25) is 5.02 Å². The summed E-state index contributed by atoms with van der Waals surface area (Å²) in [6.07, 6.45) is 4.92. The first-order chi connectivity index (χ1) is 8.31. The summed E-state index contributed by atoms with van der Waals surface area (Å²) in [6.45, 7) is 1.97. The number of nitrogens with one attached hydrogen (secondary N) is 1. The monoisotopic (exact) mass is 249 g/mol. The summed E-state index contributed by atoms with van der Waals surface area (Å²) in [7, 11) is 1.96. The molecule has 0 atom stereocenters. The van der Waals surface area contributed by atoms with E-state index in [-0.39, 0.29) is 0 Å². The fraction of sp³-hybridized carbons (Fsp3) is 0.308. The van der Waals surface area contributed by atoms with Gasteiger partial charge in [-0.05, 0) is 32.1 Å². The summed E-state index contributed by atoms with van der Waals surface area (Å²) in [6, 6.07) is 7.80. The van der Waals surface area contributed by atoms with E-state index in [1.54, 1.807) is 0 Å². The van der Waals surface area contributed by atoms with Crippen LogP contribution in [0.4, 0.5) is 0 Å². The Morgan fingerprint density at radius 3 is 3.06 bits per heavy atom. The molecule has 0 aliphatic carbocycles. The lowest BCUT2D eigenvalue weighted by atomic mass is 10.2. The van der Waals surface area contributed by atoms with Gasteiger partial charge in [-0.15, -0.1) is 0 Å². The van der Waals surface area contributed by atoms with Crippen molar-refractivity contribution in [1.82, 2.24) is 14.9 Å². The summed E-state index contributed by atoms with van der Waals surface area (Å²) < 4.78 is 2.16. The zero-order valence-electron chi connectivity index (χ0n) is 9.86. The molecule has 0 aliphatic rings. The molecular formula is C13H16ClN3. The number of rotatable bonds is 5. The topological polar surface area (TPSA) is 29.9 Å². The van der Waals surface area contributed by atoms with Gasteiger partial charge >= 0.3 is 0 Å². The molecule has 1 heterocycles. The minimum absolute atomic E-state index is 0.743. The molecule has 0 saturated heterocycles. The quantitative estimate of drug-likeness (QED) is 0.826. The molecular weight excluding hydrogens is 234 g/mol. The largest absolute Gasteiger partial charge is 0.331 e. The molecule has 4 heteroatoms. The number of aryl methyl sites for hydroxylation is 1. The van der Waals surface area contributed by atoms with Gasteiger partial charge in [-0.1, -0.05) is 23.7 Å². The van der Waals surface area contributed by atoms with E-state index in [1.807, 2.05) is 43.7 Å². The average molecular weight is 250 g/mol. The first-order valence-electron chi connectivity index (χ1n) is 5.73. The Bertz CT molecular complexity index is 479. The van der Waals surface area contributed by atoms with Crippen molar-refractivity contribution in [2.75, 3.05) is 13.6 Å². The molecule has 90 valence electrons. The lowest BCUT2D eigenvalue weighted by Crippen LogP contribution is -2.11. The van der Waals surface area contributed by atoms with Gasteiger partial charge in [-0.25, -0.2) is 4.98 Å². The standard InChI is InChI=1S/C13H16ClN3/c1-15-6-3-8-17-9-7-16-13(17)11-4-2-5-12(14)10-11/h2,4-5,7,9-10,15H,3,6,8H2,1H3. The van der Waals surface area contributed by atoms with Gasteiger partial charge in [0, 0.05) is 29.5 Å². The van der Waals surface area contributed by atoms with Crippen molar-refractivity contribution >= 4 is 11.6 Å². The van der Waals surface area contributed by atoms with E-state index in [2.05, 4.69) is 14.9 Å². The fourth-order valence-electron chi connectivity index (χ4n) is 1.80. The molecule has 3 nitrogen and oxygen atoms in total. The van der Waals surface area contributed by atoms with E-state index < -0.39 is 0 Å². The molecule has 0 unspecified atom stereocenters. The van der Waals surface area contributed by atoms with Gasteiger partial charge in [-0.2, -0.15) is 0 Å². The number of imidazole rings is 1. The summed E-state index contributed by atoms with van der Waals surface area (Å²) in [5, 5.41) is 3.89. The highest BCUT2D eigenvalue weighted by molar-refractivity contribution is 6.30. The highest BCUT2D eigenvalue weighted by atomic mass is 35.5. The van der Waals surface area contributed by atoms with Crippen molar-refractivity contribution < 1.29 is 0 Å². The van der Waals surface area contributed by atoms with Gasteiger partial charge in [0.15, 0.2) is 0 Å². The maximum absolute atomic E-state index is 5.99. The predicted molar refractivity (Wildman–Crippen MR) is 71.2 cm³/mol. The van der Waals surface area contributed by atoms with Crippen LogP contribution in [0.25, 0.3) is 11.4 Å². The Labute approximate surface area is 106 Å². The molecule has 0 spiro atoms. The summed E-state index contributed by atoms with van der Waals surface area (Å²) in [5.74, 6) is 0.976. The van der Waals surface area contributed by atoms with Crippen LogP contribution in [0.1, 0.15) is 6.42 Å². The second kappa shape index (κ2) is 5.84. The van der Waals surface area contributed by atoms with E-state index in [9.17, 15) is 0 Å². The second-order valence-corrected chi connectivity index (χ2v) is 4.35. The SMILES string of the molecule is CNCCCn1ccnc1-c1cccc(Cl)c1. The predicted octanol–water partition coefficient (Wildman–Crippen LogP) is 2.81. The number of nitrogens with zero attached hydrogens (tertiary/aromatic N) is 2. The smallest absolute Gasteiger partial charge is 0.139 e. The molecule has 17 heavy (non-hydrogen) atoms. The number of aromatic nitrogens is 2. The van der Waals surface area contributed by atoms with Crippen molar-refractivity contribution in [3.63, 3.8) is 0 Å². The van der Waals surface area contributed by atoms with Crippen molar-refractivity contribution in [3.05, 3.63) is 41.7 Å². The van der Waals surface area contributed by atoms with Crippen LogP contribution in [-0.4, -0.2) is 23.1 Å². The molecule has 1 aromatic carbocycles. The molecule has 0 amide bonds. The van der Waals surface area contributed by atoms with Crippen molar-refractivity contribution in [2.45, 2.75) is 13.0 Å². The minimum Gasteiger partial charge on any atom is -0.331 e. The Balaban J connectivity index is 2.18. The second-order valence-electron chi connectivity index (χ2n) is 3.91. The van der Waals surface area contributed by atoms with Crippen molar-refractivity contribution in [1.29, 1.82) is 0 Å². The normalized spacial score (nSPS) is 10.7. The van der Waals surface area contributed by atoms with Gasteiger partial charge < -0.3 is 9.88 Å². The van der Waals surface area contributed by atoms with E-state index in [0.29, 0.717) is 0 Å². The van der Waals surface area contributed by atoms with Gasteiger partial charge in [0.25, 0.3) is 0 Å². The zero-order chi connectivity index (χ0) is 12.1. The Morgan fingerprint density at radius 1 is 1.41 bits per heavy atom. The van der Waals surface area contributed by atoms with Crippen LogP contribution in [-0.2, 0) is 6.54 Å². The van der Waals surface area contributed by atoms with Crippen LogP contribution in [0.15, 0.2) is 36.7 Å². The number of benzene rings is 1. The van der Waals surface area contributed by atoms with E-state index >= 15 is 0 Å². The highest BCUT2D eigenvalue weighted by Gasteiger charge is 2.05. The highest BCUT2D eigenvalue weighted by Crippen LogP contribution is 2.21. The van der Waals surface area contributed by atoms with Gasteiger partial charge in [0.1, 0.15) is 5.82 Å². The molecule has 0 radical (unpaired) electrons. The number of hydrogen-bond acceptors (Lipinski definition) is 2. The molecule has 1 aromatic heterocycles. The van der Waals surface area contributed by atoms with E-state index in [1.165, 1.54) is 0 Å². The first-order valence-corrected chi connectivity index (χ1v) is 6.11. The molecule has 2 aromatic rings. The third-order valence-electron chi connectivity index (χ3n) is 2.62. The molecule has 1 N–H and O–H groups in total. The third-order valence-corrected chi connectivity index (χ3v) is 2.86. The molecule has 2 rings (SSSR count). The minimum atomic E-state index is 0.743. The summed E-state index contributed by atoms with van der Waals surface area (Å²) in [4.78, 5) is 4.39. The molecule has 0 bridgehead atoms. The lowest BCUT2D eigenvalue weighted by Gasteiger charge is -2.07. The Morgan fingerprint density at radius 2 is 2.29 bits per heavy atom. The number of halogens is 1. The zero-order valence-corrected chi connectivity index (χ0v) is 10.6. The average Bonchev–Trinajstić information content (AvgIpc) is 2.78. The molecule has 0 aliphatic heterocycles. The molecule has 0 fully saturated rings. The van der Waals surface area contributed by atoms with Crippen molar-refractivity contribution in [3.8, 4) is 11.4 Å². The van der Waals surface area contributed by atoms with E-state index in [4.69, 9.17) is 11.6 Å². The van der Waals surface area contributed by atoms with Crippen LogP contribution in [0.5, 0.6) is 0 Å². The first kappa shape index (κ1) is 12.1. The fourth-order valence-corrected chi connectivity index (χ4v) is 1.99. The Hall–Kier alpha value is -1.32. The van der Waals surface area contributed by atoms with Crippen molar-refractivity contribution in [2.24, 2.45) is 0 Å². The lowest BCUT2D eigenvalue weighted by molar-refractivity contribution is 0.617. The van der Waals surface area contributed by atoms with Gasteiger partial charge in [0.05, 0.1) is 0 Å². The summed E-state index contributed by atoms with van der Waals surface area (Å²) >= 11 is 5.99. The molecule has 0 saturated carbocycles. The van der Waals surface area contributed by atoms with Crippen LogP contribution in [0, 0.1) is 0 Å². The summed E-state index contributed by atoms with van der Waals surface area (Å²) in [5.41, 5.74) is 1.06. The number of hydrogen-bond donors (Lipinski definition) is 1. The van der Waals surface area contributed by atoms with Crippen LogP contribution >= 0.6 is 11.6 Å². The maximum atomic E-state index is 5.99. The van der Waals surface area contributed by atoms with Gasteiger partial charge in [0.2, 0.25) is 0 Å². The van der Waals surface area contributed by atoms with Crippen LogP contribution in [0.3, 0.4) is 0 Å². The van der Waals surface area contributed by atoms with E-state index in [0.717, 1.165) is 35.9 Å². The maximum Gasteiger partial charge on any atom is 0.139 e. The van der Waals surface area contributed by atoms with Crippen LogP contribution < -0.4 is 5.32 Å².